The van der Waals surface area contributed by atoms with Crippen LogP contribution in [0.2, 0.25) is 0 Å². The number of Topliss-reactive ketones (excluding diaryl/α,β-unsaturated/α-hetero) is 1. The molecule has 4 aromatic rings. The van der Waals surface area contributed by atoms with Crippen molar-refractivity contribution in [2.45, 2.75) is 26.3 Å². The summed E-state index contributed by atoms with van der Waals surface area (Å²) in [5.41, 5.74) is 5.11. The maximum Gasteiger partial charge on any atom is 0.328 e. The minimum Gasteiger partial charge on any atom is -0.478 e. The summed E-state index contributed by atoms with van der Waals surface area (Å²) in [4.78, 5) is 39.3. The van der Waals surface area contributed by atoms with Gasteiger partial charge < -0.3 is 19.8 Å². The SMILES string of the molecule is Cc1[nH]cnc1CCC(=O)c1cn(Cc2ccccc2)c2ccccc12.O=C(O)C=CC(=O)O. The molecule has 0 saturated carbocycles. The van der Waals surface area contributed by atoms with Crippen LogP contribution in [0.1, 0.15) is 33.7 Å². The number of aliphatic carboxylic acids is 2. The van der Waals surface area contributed by atoms with Crippen LogP contribution in [0.15, 0.2) is 79.3 Å². The van der Waals surface area contributed by atoms with Gasteiger partial charge in [0.25, 0.3) is 0 Å². The van der Waals surface area contributed by atoms with Crippen molar-refractivity contribution < 1.29 is 24.6 Å². The van der Waals surface area contributed by atoms with Gasteiger partial charge in [-0.1, -0.05) is 48.5 Å². The van der Waals surface area contributed by atoms with E-state index in [1.165, 1.54) is 5.56 Å². The molecule has 8 heteroatoms. The van der Waals surface area contributed by atoms with Gasteiger partial charge in [0.15, 0.2) is 5.78 Å². The van der Waals surface area contributed by atoms with Crippen molar-refractivity contribution in [3.05, 3.63) is 102 Å². The Morgan fingerprint density at radius 3 is 2.24 bits per heavy atom. The number of hydrogen-bond donors (Lipinski definition) is 3. The number of aryl methyl sites for hydroxylation is 2. The lowest BCUT2D eigenvalue weighted by Gasteiger charge is -2.05. The van der Waals surface area contributed by atoms with Crippen LogP contribution in [0.4, 0.5) is 0 Å². The maximum absolute atomic E-state index is 12.9. The predicted molar refractivity (Wildman–Crippen MR) is 128 cm³/mol. The fraction of sp³-hybridized carbons (Fsp3) is 0.154. The second-order valence-electron chi connectivity index (χ2n) is 7.58. The first kappa shape index (κ1) is 24.2. The summed E-state index contributed by atoms with van der Waals surface area (Å²) >= 11 is 0. The lowest BCUT2D eigenvalue weighted by Crippen LogP contribution is -2.02. The second-order valence-corrected chi connectivity index (χ2v) is 7.58. The van der Waals surface area contributed by atoms with Crippen LogP contribution < -0.4 is 0 Å². The van der Waals surface area contributed by atoms with Crippen molar-refractivity contribution in [1.29, 1.82) is 0 Å². The Hall–Kier alpha value is -4.46. The third-order valence-corrected chi connectivity index (χ3v) is 5.18. The van der Waals surface area contributed by atoms with E-state index in [-0.39, 0.29) is 5.78 Å². The molecule has 0 saturated heterocycles. The van der Waals surface area contributed by atoms with Crippen LogP contribution in [0.3, 0.4) is 0 Å². The summed E-state index contributed by atoms with van der Waals surface area (Å²) in [6.45, 7) is 2.74. The fourth-order valence-corrected chi connectivity index (χ4v) is 3.53. The third kappa shape index (κ3) is 6.52. The predicted octanol–water partition coefficient (Wildman–Crippen LogP) is 4.25. The van der Waals surface area contributed by atoms with E-state index in [4.69, 9.17) is 10.2 Å². The first-order valence-corrected chi connectivity index (χ1v) is 10.6. The maximum atomic E-state index is 12.9. The normalized spacial score (nSPS) is 10.7. The zero-order valence-electron chi connectivity index (χ0n) is 18.6. The van der Waals surface area contributed by atoms with Gasteiger partial charge in [0.1, 0.15) is 0 Å². The van der Waals surface area contributed by atoms with Gasteiger partial charge in [0.2, 0.25) is 0 Å². The Kier molecular flexibility index (Phi) is 8.12. The molecule has 0 amide bonds. The highest BCUT2D eigenvalue weighted by Gasteiger charge is 2.16. The Bertz CT molecular complexity index is 1300. The fourth-order valence-electron chi connectivity index (χ4n) is 3.53. The number of H-pyrrole nitrogens is 1. The summed E-state index contributed by atoms with van der Waals surface area (Å²) in [7, 11) is 0. The van der Waals surface area contributed by atoms with Gasteiger partial charge in [-0.2, -0.15) is 0 Å². The lowest BCUT2D eigenvalue weighted by molar-refractivity contribution is -0.134. The van der Waals surface area contributed by atoms with E-state index in [9.17, 15) is 14.4 Å². The van der Waals surface area contributed by atoms with E-state index in [2.05, 4.69) is 32.7 Å². The zero-order chi connectivity index (χ0) is 24.5. The number of imidazole rings is 1. The summed E-state index contributed by atoms with van der Waals surface area (Å²) in [6.07, 6.45) is 5.92. The topological polar surface area (TPSA) is 125 Å². The van der Waals surface area contributed by atoms with Gasteiger partial charge in [0, 0.05) is 53.5 Å². The van der Waals surface area contributed by atoms with Gasteiger partial charge in [-0.25, -0.2) is 14.6 Å². The van der Waals surface area contributed by atoms with Crippen molar-refractivity contribution in [1.82, 2.24) is 14.5 Å². The molecule has 2 aromatic carbocycles. The lowest BCUT2D eigenvalue weighted by atomic mass is 10.0. The number of carbonyl (C=O) groups is 3. The second kappa shape index (κ2) is 11.4. The van der Waals surface area contributed by atoms with Gasteiger partial charge >= 0.3 is 11.9 Å². The average molecular weight is 460 g/mol. The first-order chi connectivity index (χ1) is 16.3. The molecule has 2 aromatic heterocycles. The van der Waals surface area contributed by atoms with Crippen molar-refractivity contribution in [3.8, 4) is 0 Å². The number of nitrogens with one attached hydrogen (secondary N) is 1. The number of rotatable bonds is 8. The molecule has 0 radical (unpaired) electrons. The molecule has 0 aliphatic rings. The monoisotopic (exact) mass is 459 g/mol. The molecule has 174 valence electrons. The summed E-state index contributed by atoms with van der Waals surface area (Å²) in [6, 6.07) is 18.4. The molecular weight excluding hydrogens is 434 g/mol. The highest BCUT2D eigenvalue weighted by Crippen LogP contribution is 2.24. The van der Waals surface area contributed by atoms with Crippen LogP contribution in [0, 0.1) is 6.92 Å². The van der Waals surface area contributed by atoms with Crippen LogP contribution in [-0.4, -0.2) is 42.5 Å². The molecule has 4 rings (SSSR count). The smallest absolute Gasteiger partial charge is 0.328 e. The number of para-hydroxylation sites is 1. The summed E-state index contributed by atoms with van der Waals surface area (Å²) < 4.78 is 2.16. The minimum absolute atomic E-state index is 0.162. The molecular formula is C26H25N3O5. The Morgan fingerprint density at radius 1 is 0.971 bits per heavy atom. The van der Waals surface area contributed by atoms with Crippen molar-refractivity contribution in [3.63, 3.8) is 0 Å². The molecule has 2 heterocycles. The van der Waals surface area contributed by atoms with Crippen LogP contribution >= 0.6 is 0 Å². The third-order valence-electron chi connectivity index (χ3n) is 5.18. The zero-order valence-corrected chi connectivity index (χ0v) is 18.6. The number of carbonyl (C=O) groups excluding carboxylic acids is 1. The molecule has 8 nitrogen and oxygen atoms in total. The van der Waals surface area contributed by atoms with Gasteiger partial charge in [0.05, 0.1) is 12.0 Å². The van der Waals surface area contributed by atoms with E-state index < -0.39 is 11.9 Å². The van der Waals surface area contributed by atoms with E-state index >= 15 is 0 Å². The Balaban J connectivity index is 0.000000350. The van der Waals surface area contributed by atoms with E-state index in [0.717, 1.165) is 34.4 Å². The molecule has 0 unspecified atom stereocenters. The standard InChI is InChI=1S/C22H21N3O.C4H4O4/c1-16-20(24-15-23-16)11-12-22(26)19-14-25(13-17-7-3-2-4-8-17)21-10-6-5-9-18(19)21;5-3(6)1-2-4(7)8/h2-10,14-15H,11-13H2,1H3,(H,23,24);1-2H,(H,5,6)(H,7,8). The molecule has 0 aliphatic heterocycles. The first-order valence-electron chi connectivity index (χ1n) is 10.6. The number of benzene rings is 2. The van der Waals surface area contributed by atoms with E-state index in [1.54, 1.807) is 6.33 Å². The molecule has 0 aliphatic carbocycles. The van der Waals surface area contributed by atoms with Crippen LogP contribution in [0.25, 0.3) is 10.9 Å². The number of aromatic nitrogens is 3. The summed E-state index contributed by atoms with van der Waals surface area (Å²) in [5.74, 6) is -2.35. The van der Waals surface area contributed by atoms with Gasteiger partial charge in [-0.05, 0) is 25.0 Å². The van der Waals surface area contributed by atoms with Crippen molar-refractivity contribution in [2.75, 3.05) is 0 Å². The van der Waals surface area contributed by atoms with E-state index in [0.29, 0.717) is 25.0 Å². The molecule has 3 N–H and O–H groups in total. The largest absolute Gasteiger partial charge is 0.478 e. The number of ketones is 1. The minimum atomic E-state index is -1.26. The number of carboxylic acid groups (broad SMARTS) is 2. The van der Waals surface area contributed by atoms with Crippen molar-refractivity contribution >= 4 is 28.6 Å². The quantitative estimate of drug-likeness (QED) is 0.267. The number of hydrogen-bond acceptors (Lipinski definition) is 4. The molecule has 0 spiro atoms. The molecule has 34 heavy (non-hydrogen) atoms. The molecule has 0 bridgehead atoms. The van der Waals surface area contributed by atoms with E-state index in [1.807, 2.05) is 49.5 Å². The number of fused-ring (bicyclic) bond motifs is 1. The average Bonchev–Trinajstić information content (AvgIpc) is 3.41. The highest BCUT2D eigenvalue weighted by atomic mass is 16.4. The Labute approximate surface area is 196 Å². The highest BCUT2D eigenvalue weighted by molar-refractivity contribution is 6.08. The number of aromatic amines is 1. The Morgan fingerprint density at radius 2 is 1.62 bits per heavy atom. The van der Waals surface area contributed by atoms with Gasteiger partial charge in [-0.3, -0.25) is 4.79 Å². The summed E-state index contributed by atoms with van der Waals surface area (Å²) in [5, 5.41) is 16.6. The molecule has 0 fully saturated rings. The number of nitrogens with zero attached hydrogens (tertiary/aromatic N) is 2. The van der Waals surface area contributed by atoms with Crippen LogP contribution in [0.5, 0.6) is 0 Å². The van der Waals surface area contributed by atoms with Crippen molar-refractivity contribution in [2.24, 2.45) is 0 Å². The van der Waals surface area contributed by atoms with Gasteiger partial charge in [-0.15, -0.1) is 0 Å². The van der Waals surface area contributed by atoms with Crippen LogP contribution in [-0.2, 0) is 22.6 Å². The number of carboxylic acids is 2. The molecule has 0 atom stereocenters.